The number of carbonyl (C=O) groups excluding carboxylic acids is 2. The fraction of sp³-hybridized carbons (Fsp3) is 0.448. The first kappa shape index (κ1) is 26.3. The molecule has 0 saturated heterocycles. The molecule has 0 aromatic heterocycles. The normalized spacial score (nSPS) is 10.9. The Morgan fingerprint density at radius 3 is 1.71 bits per heavy atom. The van der Waals surface area contributed by atoms with Crippen molar-refractivity contribution in [3.63, 3.8) is 0 Å². The highest BCUT2D eigenvalue weighted by atomic mass is 16.7. The Hall–Kier alpha value is -3.28. The predicted octanol–water partition coefficient (Wildman–Crippen LogP) is 8.49. The fourth-order valence-corrected chi connectivity index (χ4v) is 4.13. The van der Waals surface area contributed by atoms with Crippen LogP contribution in [0.15, 0.2) is 42.5 Å². The average Bonchev–Trinajstić information content (AvgIpc) is 2.85. The number of ether oxygens (including phenoxy) is 4. The molecule has 6 nitrogen and oxygen atoms in total. The first-order valence-electron chi connectivity index (χ1n) is 12.7. The van der Waals surface area contributed by atoms with Crippen LogP contribution in [0.2, 0.25) is 0 Å². The zero-order valence-electron chi connectivity index (χ0n) is 21.1. The van der Waals surface area contributed by atoms with Crippen LogP contribution in [-0.2, 0) is 9.47 Å². The van der Waals surface area contributed by atoms with E-state index in [1.54, 1.807) is 0 Å². The molecule has 0 amide bonds. The predicted molar refractivity (Wildman–Crippen MR) is 138 cm³/mol. The lowest BCUT2D eigenvalue weighted by Gasteiger charge is -2.17. The summed E-state index contributed by atoms with van der Waals surface area (Å²) >= 11 is 0. The number of benzene rings is 3. The Morgan fingerprint density at radius 1 is 0.629 bits per heavy atom. The van der Waals surface area contributed by atoms with Gasteiger partial charge in [0.1, 0.15) is 5.75 Å². The van der Waals surface area contributed by atoms with Crippen LogP contribution in [-0.4, -0.2) is 25.5 Å². The second-order valence-electron chi connectivity index (χ2n) is 8.72. The summed E-state index contributed by atoms with van der Waals surface area (Å²) < 4.78 is 22.1. The van der Waals surface area contributed by atoms with Gasteiger partial charge in [-0.15, -0.1) is 0 Å². The average molecular weight is 481 g/mol. The van der Waals surface area contributed by atoms with Gasteiger partial charge in [0.05, 0.1) is 13.2 Å². The van der Waals surface area contributed by atoms with Crippen LogP contribution in [0.25, 0.3) is 21.5 Å². The third-order valence-electron chi connectivity index (χ3n) is 5.97. The van der Waals surface area contributed by atoms with Gasteiger partial charge in [0.15, 0.2) is 5.75 Å². The Balaban J connectivity index is 1.89. The summed E-state index contributed by atoms with van der Waals surface area (Å²) in [7, 11) is 0. The van der Waals surface area contributed by atoms with E-state index in [0.29, 0.717) is 46.3 Å². The molecule has 3 rings (SSSR count). The highest BCUT2D eigenvalue weighted by Gasteiger charge is 2.22. The molecule has 3 aromatic carbocycles. The van der Waals surface area contributed by atoms with Gasteiger partial charge in [-0.05, 0) is 25.3 Å². The first-order valence-corrected chi connectivity index (χ1v) is 12.7. The molecule has 188 valence electrons. The molecule has 0 heterocycles. The fourth-order valence-electron chi connectivity index (χ4n) is 4.13. The van der Waals surface area contributed by atoms with E-state index >= 15 is 0 Å². The quantitative estimate of drug-likeness (QED) is 0.112. The Morgan fingerprint density at radius 2 is 1.14 bits per heavy atom. The minimum Gasteiger partial charge on any atom is -0.434 e. The van der Waals surface area contributed by atoms with Crippen LogP contribution < -0.4 is 9.47 Å². The van der Waals surface area contributed by atoms with E-state index in [2.05, 4.69) is 13.8 Å². The number of unbranched alkanes of at least 4 members (excludes halogenated alkanes) is 6. The molecule has 0 N–H and O–H groups in total. The maximum atomic E-state index is 12.5. The number of fused-ring (bicyclic) bond motifs is 2. The molecule has 0 aliphatic heterocycles. The maximum Gasteiger partial charge on any atom is 0.513 e. The van der Waals surface area contributed by atoms with Crippen molar-refractivity contribution in [3.8, 4) is 11.5 Å². The van der Waals surface area contributed by atoms with E-state index in [0.717, 1.165) is 56.9 Å². The van der Waals surface area contributed by atoms with E-state index in [1.165, 1.54) is 0 Å². The number of hydrogen-bond donors (Lipinski definition) is 0. The highest BCUT2D eigenvalue weighted by Crippen LogP contribution is 2.44. The second-order valence-corrected chi connectivity index (χ2v) is 8.72. The van der Waals surface area contributed by atoms with Gasteiger partial charge in [-0.2, -0.15) is 0 Å². The van der Waals surface area contributed by atoms with Crippen molar-refractivity contribution in [2.45, 2.75) is 72.1 Å². The van der Waals surface area contributed by atoms with Crippen LogP contribution in [0.3, 0.4) is 0 Å². The van der Waals surface area contributed by atoms with E-state index < -0.39 is 12.3 Å². The van der Waals surface area contributed by atoms with E-state index in [4.69, 9.17) is 18.9 Å². The maximum absolute atomic E-state index is 12.5. The highest BCUT2D eigenvalue weighted by molar-refractivity contribution is 6.13. The van der Waals surface area contributed by atoms with Gasteiger partial charge in [-0.3, -0.25) is 0 Å². The molecule has 0 unspecified atom stereocenters. The molecule has 0 atom stereocenters. The Kier molecular flexibility index (Phi) is 10.2. The van der Waals surface area contributed by atoms with Gasteiger partial charge in [-0.1, -0.05) is 94.8 Å². The van der Waals surface area contributed by atoms with Gasteiger partial charge >= 0.3 is 12.3 Å². The summed E-state index contributed by atoms with van der Waals surface area (Å²) in [6.45, 7) is 6.83. The minimum atomic E-state index is -0.741. The zero-order chi connectivity index (χ0) is 25.0. The molecule has 35 heavy (non-hydrogen) atoms. The molecule has 0 fully saturated rings. The smallest absolute Gasteiger partial charge is 0.434 e. The molecule has 0 radical (unpaired) electrons. The minimum absolute atomic E-state index is 0.318. The summed E-state index contributed by atoms with van der Waals surface area (Å²) in [5, 5.41) is 2.67. The summed E-state index contributed by atoms with van der Waals surface area (Å²) in [4.78, 5) is 25.1. The lowest BCUT2D eigenvalue weighted by molar-refractivity contribution is 0.0965. The van der Waals surface area contributed by atoms with E-state index in [9.17, 15) is 9.59 Å². The lowest BCUT2D eigenvalue weighted by atomic mass is 9.97. The number of aryl methyl sites for hydroxylation is 1. The molecule has 0 aliphatic carbocycles. The lowest BCUT2D eigenvalue weighted by Crippen LogP contribution is -2.14. The number of hydrogen-bond acceptors (Lipinski definition) is 6. The summed E-state index contributed by atoms with van der Waals surface area (Å²) in [6, 6.07) is 13.0. The van der Waals surface area contributed by atoms with Crippen LogP contribution in [0.5, 0.6) is 11.5 Å². The molecule has 0 spiro atoms. The van der Waals surface area contributed by atoms with Gasteiger partial charge < -0.3 is 18.9 Å². The van der Waals surface area contributed by atoms with Gasteiger partial charge in [-0.25, -0.2) is 9.59 Å². The Bertz CT molecular complexity index is 1140. The van der Waals surface area contributed by atoms with Crippen LogP contribution in [0, 0.1) is 6.92 Å². The molecule has 6 heteroatoms. The second kappa shape index (κ2) is 13.6. The van der Waals surface area contributed by atoms with Crippen molar-refractivity contribution >= 4 is 33.9 Å². The molecule has 0 bridgehead atoms. The van der Waals surface area contributed by atoms with Crippen molar-refractivity contribution in [3.05, 3.63) is 48.0 Å². The number of carbonyl (C=O) groups is 2. The van der Waals surface area contributed by atoms with Crippen molar-refractivity contribution in [2.75, 3.05) is 13.2 Å². The van der Waals surface area contributed by atoms with Crippen molar-refractivity contribution < 1.29 is 28.5 Å². The van der Waals surface area contributed by atoms with Gasteiger partial charge in [0.25, 0.3) is 0 Å². The van der Waals surface area contributed by atoms with E-state index in [-0.39, 0.29) is 0 Å². The molecule has 0 saturated carbocycles. The number of rotatable bonds is 12. The third-order valence-corrected chi connectivity index (χ3v) is 5.97. The summed E-state index contributed by atoms with van der Waals surface area (Å²) in [6.07, 6.45) is 6.58. The SMILES string of the molecule is CCCCCCOC(=O)Oc1c2ccccc2c(OC(=O)OCCCCCC)c2c(C)cccc12. The standard InChI is InChI=1S/C29H36O6/c1-4-6-8-12-19-32-28(30)34-26-22-16-10-11-17-23(22)27(25-21(3)15-14-18-24(25)26)35-29(31)33-20-13-9-7-5-2/h10-11,14-18H,4-9,12-13,19-20H2,1-3H3. The molecular formula is C29H36O6. The van der Waals surface area contributed by atoms with Crippen LogP contribution in [0.4, 0.5) is 9.59 Å². The van der Waals surface area contributed by atoms with E-state index in [1.807, 2.05) is 49.4 Å². The molecular weight excluding hydrogens is 444 g/mol. The third kappa shape index (κ3) is 7.10. The summed E-state index contributed by atoms with van der Waals surface area (Å²) in [5.74, 6) is 0.783. The zero-order valence-corrected chi connectivity index (χ0v) is 21.1. The Labute approximate surface area is 207 Å². The van der Waals surface area contributed by atoms with Crippen LogP contribution >= 0.6 is 0 Å². The molecule has 0 aliphatic rings. The van der Waals surface area contributed by atoms with Gasteiger partial charge in [0, 0.05) is 21.5 Å². The van der Waals surface area contributed by atoms with Crippen molar-refractivity contribution in [1.82, 2.24) is 0 Å². The topological polar surface area (TPSA) is 71.1 Å². The van der Waals surface area contributed by atoms with Crippen molar-refractivity contribution in [1.29, 1.82) is 0 Å². The summed E-state index contributed by atoms with van der Waals surface area (Å²) in [5.41, 5.74) is 0.886. The first-order chi connectivity index (χ1) is 17.1. The van der Waals surface area contributed by atoms with Crippen LogP contribution in [0.1, 0.15) is 70.8 Å². The van der Waals surface area contributed by atoms with Crippen molar-refractivity contribution in [2.24, 2.45) is 0 Å². The largest absolute Gasteiger partial charge is 0.513 e. The molecule has 3 aromatic rings. The monoisotopic (exact) mass is 480 g/mol. The van der Waals surface area contributed by atoms with Gasteiger partial charge in [0.2, 0.25) is 0 Å².